The Morgan fingerprint density at radius 2 is 1.32 bits per heavy atom. The number of imidazole rings is 1. The molecular formula is C32H51BrN2O9. The van der Waals surface area contributed by atoms with Crippen LogP contribution in [0.2, 0.25) is 0 Å². The van der Waals surface area contributed by atoms with Crippen molar-refractivity contribution in [2.45, 2.75) is 111 Å². The van der Waals surface area contributed by atoms with E-state index < -0.39 is 30.2 Å². The Bertz CT molecular complexity index is 1030. The first-order chi connectivity index (χ1) is 20.6. The van der Waals surface area contributed by atoms with Crippen LogP contribution in [0, 0.1) is 0 Å². The SMILES string of the molecule is C=C(C)C(=O)OCCOC(=O)OC(COC(=O)CCn1cc[n+](CCCCCCCCCCCC)c1)COC(=O)C(=C)C.[Br-]. The second-order valence-corrected chi connectivity index (χ2v) is 10.6. The molecule has 0 spiro atoms. The van der Waals surface area contributed by atoms with Gasteiger partial charge in [-0.15, -0.1) is 0 Å². The quantitative estimate of drug-likeness (QED) is 0.0530. The summed E-state index contributed by atoms with van der Waals surface area (Å²) in [5, 5.41) is 0. The minimum absolute atomic E-state index is 0. The molecule has 0 aromatic carbocycles. The molecule has 0 fully saturated rings. The summed E-state index contributed by atoms with van der Waals surface area (Å²) in [6.45, 7) is 12.4. The third-order valence-electron chi connectivity index (χ3n) is 6.42. The van der Waals surface area contributed by atoms with Crippen molar-refractivity contribution in [2.75, 3.05) is 26.4 Å². The van der Waals surface area contributed by atoms with E-state index in [1.54, 1.807) is 0 Å². The van der Waals surface area contributed by atoms with Gasteiger partial charge in [-0.1, -0.05) is 71.4 Å². The van der Waals surface area contributed by atoms with Gasteiger partial charge in [-0.05, 0) is 26.7 Å². The van der Waals surface area contributed by atoms with Gasteiger partial charge >= 0.3 is 24.1 Å². The Morgan fingerprint density at radius 3 is 1.93 bits per heavy atom. The van der Waals surface area contributed by atoms with Crippen molar-refractivity contribution in [3.05, 3.63) is 43.0 Å². The van der Waals surface area contributed by atoms with Crippen LogP contribution in [0.25, 0.3) is 0 Å². The highest BCUT2D eigenvalue weighted by Crippen LogP contribution is 2.10. The highest BCUT2D eigenvalue weighted by Gasteiger charge is 2.21. The van der Waals surface area contributed by atoms with Crippen molar-refractivity contribution < 1.29 is 64.4 Å². The van der Waals surface area contributed by atoms with Crippen LogP contribution < -0.4 is 21.5 Å². The minimum atomic E-state index is -1.10. The van der Waals surface area contributed by atoms with E-state index in [1.807, 2.05) is 23.3 Å². The van der Waals surface area contributed by atoms with Crippen molar-refractivity contribution in [2.24, 2.45) is 0 Å². The van der Waals surface area contributed by atoms with E-state index in [9.17, 15) is 19.2 Å². The molecule has 1 aromatic heterocycles. The summed E-state index contributed by atoms with van der Waals surface area (Å²) in [5.74, 6) is -1.80. The number of hydrogen-bond donors (Lipinski definition) is 0. The van der Waals surface area contributed by atoms with E-state index in [2.05, 4.69) is 24.6 Å². The predicted molar refractivity (Wildman–Crippen MR) is 160 cm³/mol. The Balaban J connectivity index is 0.0000185. The summed E-state index contributed by atoms with van der Waals surface area (Å²) >= 11 is 0. The van der Waals surface area contributed by atoms with Crippen LogP contribution in [0.15, 0.2) is 43.0 Å². The molecule has 0 amide bonds. The largest absolute Gasteiger partial charge is 1.00 e. The molecule has 0 saturated carbocycles. The fourth-order valence-electron chi connectivity index (χ4n) is 3.92. The molecule has 1 rings (SSSR count). The second kappa shape index (κ2) is 25.2. The molecule has 1 unspecified atom stereocenters. The zero-order chi connectivity index (χ0) is 31.9. The van der Waals surface area contributed by atoms with E-state index >= 15 is 0 Å². The lowest BCUT2D eigenvalue weighted by molar-refractivity contribution is -0.696. The van der Waals surface area contributed by atoms with Gasteiger partial charge in [0.25, 0.3) is 0 Å². The van der Waals surface area contributed by atoms with Crippen LogP contribution in [0.5, 0.6) is 0 Å². The monoisotopic (exact) mass is 686 g/mol. The molecule has 250 valence electrons. The van der Waals surface area contributed by atoms with Crippen LogP contribution in [-0.2, 0) is 51.2 Å². The smallest absolute Gasteiger partial charge is 0.508 e. The standard InChI is InChI=1S/C32H51N2O9.BrH/c1-6-7-8-9-10-11-12-13-14-15-17-33-19-20-34(25-33)18-16-29(35)41-23-28(24-42-31(37)27(4)5)43-32(38)40-22-21-39-30(36)26(2)3;/h19-20,25,28H,2,4,6-18,21-24H2,1,3,5H3;1H/q+1;/p-1. The third-order valence-corrected chi connectivity index (χ3v) is 6.42. The molecule has 1 atom stereocenters. The molecule has 1 aromatic rings. The van der Waals surface area contributed by atoms with Crippen molar-refractivity contribution in [1.82, 2.24) is 4.57 Å². The molecule has 0 radical (unpaired) electrons. The second-order valence-electron chi connectivity index (χ2n) is 10.6. The molecule has 0 N–H and O–H groups in total. The zero-order valence-corrected chi connectivity index (χ0v) is 28.3. The summed E-state index contributed by atoms with van der Waals surface area (Å²) in [6, 6.07) is 0. The van der Waals surface area contributed by atoms with Gasteiger partial charge < -0.3 is 40.7 Å². The van der Waals surface area contributed by atoms with Crippen LogP contribution in [0.1, 0.15) is 91.4 Å². The van der Waals surface area contributed by atoms with Crippen molar-refractivity contribution >= 4 is 24.1 Å². The highest BCUT2D eigenvalue weighted by molar-refractivity contribution is 5.87. The molecule has 11 nitrogen and oxygen atoms in total. The van der Waals surface area contributed by atoms with Gasteiger partial charge in [0.2, 0.25) is 6.33 Å². The molecule has 0 saturated heterocycles. The lowest BCUT2D eigenvalue weighted by Gasteiger charge is -2.17. The van der Waals surface area contributed by atoms with Gasteiger partial charge in [-0.3, -0.25) is 4.79 Å². The molecule has 0 aliphatic rings. The maximum absolute atomic E-state index is 12.4. The number of nitrogens with zero attached hydrogens (tertiary/aromatic N) is 2. The summed E-state index contributed by atoms with van der Waals surface area (Å²) in [5.41, 5.74) is 0.374. The zero-order valence-electron chi connectivity index (χ0n) is 26.7. The number of rotatable bonds is 24. The molecule has 1 heterocycles. The first-order valence-corrected chi connectivity index (χ1v) is 15.3. The van der Waals surface area contributed by atoms with Crippen molar-refractivity contribution in [3.63, 3.8) is 0 Å². The number of unbranched alkanes of at least 4 members (excludes halogenated alkanes) is 9. The van der Waals surface area contributed by atoms with E-state index in [0.29, 0.717) is 6.54 Å². The average molecular weight is 688 g/mol. The minimum Gasteiger partial charge on any atom is -1.00 e. The fraction of sp³-hybridized carbons (Fsp3) is 0.656. The summed E-state index contributed by atoms with van der Waals surface area (Å²) in [6.07, 6.45) is 16.7. The number of halogens is 1. The van der Waals surface area contributed by atoms with Crippen LogP contribution >= 0.6 is 0 Å². The number of ether oxygens (including phenoxy) is 5. The Kier molecular flexibility index (Phi) is 23.4. The molecule has 0 aliphatic heterocycles. The highest BCUT2D eigenvalue weighted by atomic mass is 79.9. The first kappa shape index (κ1) is 40.9. The predicted octanol–water partition coefficient (Wildman–Crippen LogP) is 2.39. The normalized spacial score (nSPS) is 11.1. The lowest BCUT2D eigenvalue weighted by atomic mass is 10.1. The lowest BCUT2D eigenvalue weighted by Crippen LogP contribution is -3.00. The summed E-state index contributed by atoms with van der Waals surface area (Å²) in [7, 11) is 0. The molecule has 12 heteroatoms. The van der Waals surface area contributed by atoms with Gasteiger partial charge in [0.05, 0.1) is 13.0 Å². The molecule has 0 bridgehead atoms. The number of aromatic nitrogens is 2. The Labute approximate surface area is 272 Å². The van der Waals surface area contributed by atoms with Gasteiger partial charge in [-0.2, -0.15) is 0 Å². The number of aryl methyl sites for hydroxylation is 2. The van der Waals surface area contributed by atoms with Crippen LogP contribution in [-0.4, -0.2) is 61.2 Å². The Hall–Kier alpha value is -3.15. The summed E-state index contributed by atoms with van der Waals surface area (Å²) in [4.78, 5) is 47.6. The number of carbonyl (C=O) groups is 4. The summed E-state index contributed by atoms with van der Waals surface area (Å²) < 4.78 is 29.2. The van der Waals surface area contributed by atoms with E-state index in [-0.39, 0.29) is 61.0 Å². The van der Waals surface area contributed by atoms with Crippen LogP contribution in [0.4, 0.5) is 4.79 Å². The molecule has 0 aliphatic carbocycles. The van der Waals surface area contributed by atoms with Crippen molar-refractivity contribution in [1.29, 1.82) is 0 Å². The first-order valence-electron chi connectivity index (χ1n) is 15.3. The third kappa shape index (κ3) is 20.7. The number of carbonyl (C=O) groups excluding carboxylic acids is 4. The topological polar surface area (TPSA) is 123 Å². The van der Waals surface area contributed by atoms with Crippen LogP contribution in [0.3, 0.4) is 0 Å². The van der Waals surface area contributed by atoms with E-state index in [1.165, 1.54) is 71.6 Å². The fourth-order valence-corrected chi connectivity index (χ4v) is 3.92. The Morgan fingerprint density at radius 1 is 0.773 bits per heavy atom. The maximum Gasteiger partial charge on any atom is 0.508 e. The van der Waals surface area contributed by atoms with E-state index in [4.69, 9.17) is 23.7 Å². The van der Waals surface area contributed by atoms with Gasteiger partial charge in [0.15, 0.2) is 6.10 Å². The number of hydrogen-bond acceptors (Lipinski definition) is 9. The van der Waals surface area contributed by atoms with Gasteiger partial charge in [0.1, 0.15) is 45.4 Å². The van der Waals surface area contributed by atoms with E-state index in [0.717, 1.165) is 13.0 Å². The molecular weight excluding hydrogens is 636 g/mol. The number of esters is 3. The van der Waals surface area contributed by atoms with Crippen molar-refractivity contribution in [3.8, 4) is 0 Å². The average Bonchev–Trinajstić information content (AvgIpc) is 3.43. The maximum atomic E-state index is 12.4. The van der Waals surface area contributed by atoms with Gasteiger partial charge in [-0.25, -0.2) is 23.5 Å². The molecule has 44 heavy (non-hydrogen) atoms. The van der Waals surface area contributed by atoms with Gasteiger partial charge in [0, 0.05) is 11.1 Å².